The van der Waals surface area contributed by atoms with E-state index >= 15 is 0 Å². The van der Waals surface area contributed by atoms with Gasteiger partial charge in [-0.3, -0.25) is 9.78 Å². The molecule has 0 bridgehead atoms. The molecular weight excluding hydrogens is 243 g/mol. The van der Waals surface area contributed by atoms with Crippen LogP contribution in [0.1, 0.15) is 15.9 Å². The number of pyridine rings is 1. The zero-order valence-electron chi connectivity index (χ0n) is 9.11. The van der Waals surface area contributed by atoms with Crippen LogP contribution in [0.2, 0.25) is 0 Å². The fourth-order valence-electron chi connectivity index (χ4n) is 1.67. The third-order valence-corrected chi connectivity index (χ3v) is 2.50. The van der Waals surface area contributed by atoms with Crippen LogP contribution in [0.15, 0.2) is 42.7 Å². The van der Waals surface area contributed by atoms with Gasteiger partial charge in [-0.05, 0) is 5.56 Å². The standard InChI is InChI=1S/C13H8F3NO/c14-13(15,16)12-7-17-6-10(11(12)8-18)9-4-2-1-3-5-9/h1-8H. The van der Waals surface area contributed by atoms with Crippen LogP contribution >= 0.6 is 0 Å². The summed E-state index contributed by atoms with van der Waals surface area (Å²) in [7, 11) is 0. The molecule has 2 aromatic rings. The second-order valence-corrected chi connectivity index (χ2v) is 3.63. The quantitative estimate of drug-likeness (QED) is 0.763. The van der Waals surface area contributed by atoms with E-state index in [1.807, 2.05) is 0 Å². The molecule has 18 heavy (non-hydrogen) atoms. The van der Waals surface area contributed by atoms with Crippen LogP contribution in [0, 0.1) is 0 Å². The molecule has 0 radical (unpaired) electrons. The molecule has 1 heterocycles. The SMILES string of the molecule is O=Cc1c(-c2ccccc2)cncc1C(F)(F)F. The normalized spacial score (nSPS) is 11.3. The summed E-state index contributed by atoms with van der Waals surface area (Å²) in [4.78, 5) is 14.5. The molecular formula is C13H8F3NO. The number of hydrogen-bond donors (Lipinski definition) is 0. The summed E-state index contributed by atoms with van der Waals surface area (Å²) in [5.74, 6) is 0. The zero-order valence-corrected chi connectivity index (χ0v) is 9.11. The van der Waals surface area contributed by atoms with Crippen molar-refractivity contribution in [1.29, 1.82) is 0 Å². The molecule has 0 aliphatic heterocycles. The molecule has 0 N–H and O–H groups in total. The van der Waals surface area contributed by atoms with Crippen molar-refractivity contribution in [3.8, 4) is 11.1 Å². The van der Waals surface area contributed by atoms with Gasteiger partial charge in [0, 0.05) is 23.5 Å². The number of benzene rings is 1. The van der Waals surface area contributed by atoms with Gasteiger partial charge in [-0.15, -0.1) is 0 Å². The number of halogens is 3. The topological polar surface area (TPSA) is 30.0 Å². The van der Waals surface area contributed by atoms with E-state index < -0.39 is 11.7 Å². The fraction of sp³-hybridized carbons (Fsp3) is 0.0769. The Morgan fingerprint density at radius 1 is 1.06 bits per heavy atom. The summed E-state index contributed by atoms with van der Waals surface area (Å²) in [6.07, 6.45) is -2.45. The first kappa shape index (κ1) is 12.3. The molecule has 0 spiro atoms. The van der Waals surface area contributed by atoms with Crippen molar-refractivity contribution in [3.63, 3.8) is 0 Å². The smallest absolute Gasteiger partial charge is 0.298 e. The van der Waals surface area contributed by atoms with Crippen LogP contribution in [0.4, 0.5) is 13.2 Å². The van der Waals surface area contributed by atoms with Gasteiger partial charge in [0.05, 0.1) is 5.56 Å². The maximum absolute atomic E-state index is 12.7. The van der Waals surface area contributed by atoms with Crippen LogP contribution in [0.3, 0.4) is 0 Å². The highest BCUT2D eigenvalue weighted by molar-refractivity contribution is 5.89. The van der Waals surface area contributed by atoms with Gasteiger partial charge in [-0.2, -0.15) is 13.2 Å². The Hall–Kier alpha value is -2.17. The van der Waals surface area contributed by atoms with Gasteiger partial charge in [-0.1, -0.05) is 30.3 Å². The Labute approximate surface area is 101 Å². The van der Waals surface area contributed by atoms with E-state index in [4.69, 9.17) is 0 Å². The van der Waals surface area contributed by atoms with E-state index in [0.29, 0.717) is 11.8 Å². The Balaban J connectivity index is 2.67. The lowest BCUT2D eigenvalue weighted by Crippen LogP contribution is -2.10. The van der Waals surface area contributed by atoms with Gasteiger partial charge in [0.1, 0.15) is 0 Å². The molecule has 2 rings (SSSR count). The minimum Gasteiger partial charge on any atom is -0.298 e. The maximum atomic E-state index is 12.7. The highest BCUT2D eigenvalue weighted by Gasteiger charge is 2.34. The maximum Gasteiger partial charge on any atom is 0.418 e. The van der Waals surface area contributed by atoms with Gasteiger partial charge in [0.15, 0.2) is 6.29 Å². The van der Waals surface area contributed by atoms with Crippen molar-refractivity contribution in [2.75, 3.05) is 0 Å². The second-order valence-electron chi connectivity index (χ2n) is 3.63. The minimum absolute atomic E-state index is 0.181. The number of rotatable bonds is 2. The molecule has 2 nitrogen and oxygen atoms in total. The molecule has 5 heteroatoms. The number of alkyl halides is 3. The van der Waals surface area contributed by atoms with Crippen LogP contribution in [0.25, 0.3) is 11.1 Å². The van der Waals surface area contributed by atoms with Gasteiger partial charge < -0.3 is 0 Å². The third kappa shape index (κ3) is 2.25. The molecule has 0 saturated heterocycles. The van der Waals surface area contributed by atoms with Gasteiger partial charge >= 0.3 is 6.18 Å². The lowest BCUT2D eigenvalue weighted by molar-refractivity contribution is -0.138. The van der Waals surface area contributed by atoms with Crippen molar-refractivity contribution in [1.82, 2.24) is 4.98 Å². The first-order valence-electron chi connectivity index (χ1n) is 5.10. The average molecular weight is 251 g/mol. The molecule has 0 saturated carbocycles. The highest BCUT2D eigenvalue weighted by Crippen LogP contribution is 2.34. The van der Waals surface area contributed by atoms with Crippen molar-refractivity contribution in [2.45, 2.75) is 6.18 Å². The van der Waals surface area contributed by atoms with Crippen LogP contribution < -0.4 is 0 Å². The lowest BCUT2D eigenvalue weighted by Gasteiger charge is -2.12. The average Bonchev–Trinajstić information content (AvgIpc) is 2.37. The molecule has 0 fully saturated rings. The van der Waals surface area contributed by atoms with Crippen LogP contribution in [-0.2, 0) is 6.18 Å². The molecule has 1 aromatic carbocycles. The second kappa shape index (κ2) is 4.60. The predicted octanol–water partition coefficient (Wildman–Crippen LogP) is 3.58. The summed E-state index contributed by atoms with van der Waals surface area (Å²) in [6, 6.07) is 8.37. The summed E-state index contributed by atoms with van der Waals surface area (Å²) < 4.78 is 38.2. The number of aldehydes is 1. The molecule has 0 aliphatic carbocycles. The summed E-state index contributed by atoms with van der Waals surface area (Å²) >= 11 is 0. The molecule has 0 amide bonds. The van der Waals surface area contributed by atoms with Crippen molar-refractivity contribution < 1.29 is 18.0 Å². The van der Waals surface area contributed by atoms with Gasteiger partial charge in [-0.25, -0.2) is 0 Å². The summed E-state index contributed by atoms with van der Waals surface area (Å²) in [5.41, 5.74) is -0.693. The highest BCUT2D eigenvalue weighted by atomic mass is 19.4. The first-order valence-corrected chi connectivity index (χ1v) is 5.10. The van der Waals surface area contributed by atoms with E-state index in [-0.39, 0.29) is 17.4 Å². The Kier molecular flexibility index (Phi) is 3.14. The fourth-order valence-corrected chi connectivity index (χ4v) is 1.67. The number of aromatic nitrogens is 1. The number of nitrogens with zero attached hydrogens (tertiary/aromatic N) is 1. The van der Waals surface area contributed by atoms with Crippen LogP contribution in [-0.4, -0.2) is 11.3 Å². The largest absolute Gasteiger partial charge is 0.418 e. The molecule has 1 aromatic heterocycles. The van der Waals surface area contributed by atoms with Gasteiger partial charge in [0.2, 0.25) is 0 Å². The number of carbonyl (C=O) groups excluding carboxylic acids is 1. The Morgan fingerprint density at radius 3 is 2.28 bits per heavy atom. The Bertz CT molecular complexity index is 564. The molecule has 0 atom stereocenters. The Morgan fingerprint density at radius 2 is 1.72 bits per heavy atom. The first-order chi connectivity index (χ1) is 8.54. The van der Waals surface area contributed by atoms with E-state index in [2.05, 4.69) is 4.98 Å². The van der Waals surface area contributed by atoms with Crippen LogP contribution in [0.5, 0.6) is 0 Å². The predicted molar refractivity (Wildman–Crippen MR) is 60.1 cm³/mol. The van der Waals surface area contributed by atoms with Gasteiger partial charge in [0.25, 0.3) is 0 Å². The van der Waals surface area contributed by atoms with E-state index in [1.54, 1.807) is 30.3 Å². The molecule has 92 valence electrons. The van der Waals surface area contributed by atoms with Crippen molar-refractivity contribution in [3.05, 3.63) is 53.9 Å². The third-order valence-electron chi connectivity index (χ3n) is 2.50. The summed E-state index contributed by atoms with van der Waals surface area (Å²) in [6.45, 7) is 0. The van der Waals surface area contributed by atoms with E-state index in [9.17, 15) is 18.0 Å². The minimum atomic E-state index is -4.59. The van der Waals surface area contributed by atoms with Crippen molar-refractivity contribution >= 4 is 6.29 Å². The monoisotopic (exact) mass is 251 g/mol. The van der Waals surface area contributed by atoms with E-state index in [0.717, 1.165) is 0 Å². The lowest BCUT2D eigenvalue weighted by atomic mass is 9.99. The summed E-state index contributed by atoms with van der Waals surface area (Å²) in [5, 5.41) is 0. The molecule has 0 aliphatic rings. The van der Waals surface area contributed by atoms with Crippen molar-refractivity contribution in [2.24, 2.45) is 0 Å². The zero-order chi connectivity index (χ0) is 13.2. The molecule has 0 unspecified atom stereocenters. The van der Waals surface area contributed by atoms with E-state index in [1.165, 1.54) is 6.20 Å². The number of hydrogen-bond acceptors (Lipinski definition) is 2. The number of carbonyl (C=O) groups is 1.